The molecule has 1 aromatic heterocycles. The third kappa shape index (κ3) is 3.84. The zero-order chi connectivity index (χ0) is 22.1. The lowest BCUT2D eigenvalue weighted by atomic mass is 9.80. The van der Waals surface area contributed by atoms with Crippen molar-refractivity contribution in [3.05, 3.63) is 92.6 Å². The number of hydrogen-bond donors (Lipinski definition) is 1. The van der Waals surface area contributed by atoms with Crippen LogP contribution in [0.2, 0.25) is 5.02 Å². The molecule has 5 rings (SSSR count). The van der Waals surface area contributed by atoms with E-state index in [2.05, 4.69) is 5.32 Å². The molecule has 1 aliphatic heterocycles. The first-order chi connectivity index (χ1) is 15.6. The predicted molar refractivity (Wildman–Crippen MR) is 128 cm³/mol. The molecule has 1 fully saturated rings. The number of rotatable bonds is 5. The van der Waals surface area contributed by atoms with Gasteiger partial charge in [-0.15, -0.1) is 11.3 Å². The highest BCUT2D eigenvalue weighted by atomic mass is 35.5. The van der Waals surface area contributed by atoms with Crippen LogP contribution in [0.5, 0.6) is 0 Å². The largest absolute Gasteiger partial charge is 0.351 e. The highest BCUT2D eigenvalue weighted by molar-refractivity contribution is 7.10. The molecule has 164 valence electrons. The summed E-state index contributed by atoms with van der Waals surface area (Å²) >= 11 is 7.92. The quantitative estimate of drug-likeness (QED) is 0.507. The van der Waals surface area contributed by atoms with Gasteiger partial charge in [0.25, 0.3) is 5.91 Å². The Bertz CT molecular complexity index is 1120. The molecule has 4 nitrogen and oxygen atoms in total. The number of thiophene rings is 1. The van der Waals surface area contributed by atoms with Crippen LogP contribution in [0, 0.1) is 0 Å². The van der Waals surface area contributed by atoms with E-state index in [9.17, 15) is 9.59 Å². The molecule has 2 aromatic carbocycles. The van der Waals surface area contributed by atoms with Crippen molar-refractivity contribution in [2.75, 3.05) is 0 Å². The van der Waals surface area contributed by atoms with Gasteiger partial charge in [-0.05, 0) is 47.5 Å². The van der Waals surface area contributed by atoms with E-state index >= 15 is 0 Å². The molecule has 2 heterocycles. The van der Waals surface area contributed by atoms with Gasteiger partial charge < -0.3 is 10.2 Å². The Labute approximate surface area is 197 Å². The minimum atomic E-state index is -0.467. The van der Waals surface area contributed by atoms with Gasteiger partial charge in [0, 0.05) is 28.0 Å². The van der Waals surface area contributed by atoms with Gasteiger partial charge in [0.05, 0.1) is 12.0 Å². The maximum atomic E-state index is 13.7. The molecule has 2 amide bonds. The summed E-state index contributed by atoms with van der Waals surface area (Å²) in [5.74, 6) is -0.502. The molecule has 2 atom stereocenters. The molecule has 2 aliphatic rings. The molecule has 0 bridgehead atoms. The number of nitrogens with one attached hydrogen (secondary N) is 1. The van der Waals surface area contributed by atoms with Crippen LogP contribution in [0.4, 0.5) is 0 Å². The third-order valence-corrected chi connectivity index (χ3v) is 7.93. The van der Waals surface area contributed by atoms with Crippen LogP contribution in [-0.2, 0) is 11.3 Å². The second kappa shape index (κ2) is 9.08. The molecule has 1 aliphatic carbocycles. The number of carbonyl (C=O) groups is 2. The van der Waals surface area contributed by atoms with Crippen LogP contribution >= 0.6 is 22.9 Å². The van der Waals surface area contributed by atoms with Crippen LogP contribution in [0.1, 0.15) is 64.0 Å². The van der Waals surface area contributed by atoms with Crippen molar-refractivity contribution in [3.8, 4) is 0 Å². The lowest BCUT2D eigenvalue weighted by Crippen LogP contribution is -2.50. The highest BCUT2D eigenvalue weighted by Gasteiger charge is 2.47. The number of carbonyl (C=O) groups excluding carboxylic acids is 2. The Morgan fingerprint density at radius 3 is 2.53 bits per heavy atom. The fourth-order valence-electron chi connectivity index (χ4n) is 5.11. The summed E-state index contributed by atoms with van der Waals surface area (Å²) in [6.07, 6.45) is 4.22. The molecule has 0 radical (unpaired) electrons. The summed E-state index contributed by atoms with van der Waals surface area (Å²) in [7, 11) is 0. The summed E-state index contributed by atoms with van der Waals surface area (Å²) < 4.78 is 0. The van der Waals surface area contributed by atoms with Gasteiger partial charge in [-0.25, -0.2) is 0 Å². The van der Waals surface area contributed by atoms with Crippen LogP contribution in [-0.4, -0.2) is 22.8 Å². The standard InChI is InChI=1S/C26H25ClN2O2S/c27-21-13-6-1-8-17(21)16-28-25(30)23-19-11-4-5-12-20(19)26(31)29(18-9-2-3-10-18)24(23)22-14-7-15-32-22/h1,4-8,11-15,18,23-24H,2-3,9-10,16H2,(H,28,30). The second-order valence-corrected chi connectivity index (χ2v) is 9.87. The van der Waals surface area contributed by atoms with E-state index in [1.165, 1.54) is 0 Å². The number of amides is 2. The molecule has 1 saturated carbocycles. The van der Waals surface area contributed by atoms with Gasteiger partial charge in [-0.1, -0.05) is 66.9 Å². The van der Waals surface area contributed by atoms with Gasteiger partial charge in [-0.3, -0.25) is 9.59 Å². The molecule has 0 saturated heterocycles. The minimum absolute atomic E-state index is 0.0426. The molecule has 0 spiro atoms. The van der Waals surface area contributed by atoms with Crippen LogP contribution in [0.15, 0.2) is 66.0 Å². The fraction of sp³-hybridized carbons (Fsp3) is 0.308. The summed E-state index contributed by atoms with van der Waals surface area (Å²) in [4.78, 5) is 30.5. The summed E-state index contributed by atoms with van der Waals surface area (Å²) in [6.45, 7) is 0.353. The number of benzene rings is 2. The smallest absolute Gasteiger partial charge is 0.254 e. The molecule has 2 unspecified atom stereocenters. The Morgan fingerprint density at radius 2 is 1.78 bits per heavy atom. The van der Waals surface area contributed by atoms with E-state index in [1.807, 2.05) is 70.9 Å². The van der Waals surface area contributed by atoms with E-state index in [0.717, 1.165) is 41.7 Å². The molecule has 3 aromatic rings. The number of nitrogens with zero attached hydrogens (tertiary/aromatic N) is 1. The number of fused-ring (bicyclic) bond motifs is 1. The zero-order valence-electron chi connectivity index (χ0n) is 17.7. The Kier molecular flexibility index (Phi) is 6.03. The normalized spacial score (nSPS) is 20.9. The molecule has 32 heavy (non-hydrogen) atoms. The summed E-state index contributed by atoms with van der Waals surface area (Å²) in [5, 5.41) is 5.76. The number of hydrogen-bond acceptors (Lipinski definition) is 3. The first-order valence-corrected chi connectivity index (χ1v) is 12.4. The maximum absolute atomic E-state index is 13.7. The Balaban J connectivity index is 1.55. The SMILES string of the molecule is O=C(NCc1ccccc1Cl)C1c2ccccc2C(=O)N(C2CCCC2)C1c1cccs1. The van der Waals surface area contributed by atoms with Crippen LogP contribution < -0.4 is 5.32 Å². The second-order valence-electron chi connectivity index (χ2n) is 8.49. The first kappa shape index (κ1) is 21.2. The molecule has 6 heteroatoms. The van der Waals surface area contributed by atoms with Crippen molar-refractivity contribution < 1.29 is 9.59 Å². The van der Waals surface area contributed by atoms with Crippen molar-refractivity contribution in [2.24, 2.45) is 0 Å². The molecule has 1 N–H and O–H groups in total. The zero-order valence-corrected chi connectivity index (χ0v) is 19.2. The predicted octanol–water partition coefficient (Wildman–Crippen LogP) is 5.94. The highest BCUT2D eigenvalue weighted by Crippen LogP contribution is 2.47. The molecular weight excluding hydrogens is 440 g/mol. The monoisotopic (exact) mass is 464 g/mol. The van der Waals surface area contributed by atoms with E-state index in [0.29, 0.717) is 17.1 Å². The lowest BCUT2D eigenvalue weighted by Gasteiger charge is -2.44. The van der Waals surface area contributed by atoms with E-state index in [4.69, 9.17) is 11.6 Å². The minimum Gasteiger partial charge on any atom is -0.351 e. The van der Waals surface area contributed by atoms with Gasteiger partial charge in [-0.2, -0.15) is 0 Å². The molecular formula is C26H25ClN2O2S. The van der Waals surface area contributed by atoms with Crippen LogP contribution in [0.3, 0.4) is 0 Å². The van der Waals surface area contributed by atoms with Gasteiger partial charge in [0.15, 0.2) is 0 Å². The van der Waals surface area contributed by atoms with Gasteiger partial charge in [0.2, 0.25) is 5.91 Å². The van der Waals surface area contributed by atoms with E-state index in [-0.39, 0.29) is 23.9 Å². The van der Waals surface area contributed by atoms with Crippen LogP contribution in [0.25, 0.3) is 0 Å². The Morgan fingerprint density at radius 1 is 1.03 bits per heavy atom. The van der Waals surface area contributed by atoms with Crippen molar-refractivity contribution in [2.45, 2.75) is 50.2 Å². The Hall–Kier alpha value is -2.63. The lowest BCUT2D eigenvalue weighted by molar-refractivity contribution is -0.124. The van der Waals surface area contributed by atoms with Crippen molar-refractivity contribution in [3.63, 3.8) is 0 Å². The first-order valence-electron chi connectivity index (χ1n) is 11.1. The van der Waals surface area contributed by atoms with E-state index < -0.39 is 5.92 Å². The average molecular weight is 465 g/mol. The summed E-state index contributed by atoms with van der Waals surface area (Å²) in [5.41, 5.74) is 2.33. The number of halogens is 1. The maximum Gasteiger partial charge on any atom is 0.254 e. The fourth-order valence-corrected chi connectivity index (χ4v) is 6.18. The third-order valence-electron chi connectivity index (χ3n) is 6.62. The van der Waals surface area contributed by atoms with Gasteiger partial charge in [0.1, 0.15) is 0 Å². The van der Waals surface area contributed by atoms with Gasteiger partial charge >= 0.3 is 0 Å². The average Bonchev–Trinajstić information content (AvgIpc) is 3.53. The summed E-state index contributed by atoms with van der Waals surface area (Å²) in [6, 6.07) is 19.0. The topological polar surface area (TPSA) is 49.4 Å². The van der Waals surface area contributed by atoms with Crippen molar-refractivity contribution in [1.29, 1.82) is 0 Å². The van der Waals surface area contributed by atoms with Crippen molar-refractivity contribution in [1.82, 2.24) is 10.2 Å². The van der Waals surface area contributed by atoms with Crippen molar-refractivity contribution >= 4 is 34.8 Å². The van der Waals surface area contributed by atoms with E-state index in [1.54, 1.807) is 11.3 Å².